The van der Waals surface area contributed by atoms with E-state index in [4.69, 9.17) is 4.42 Å². The van der Waals surface area contributed by atoms with Crippen LogP contribution in [0.15, 0.2) is 53.2 Å². The maximum Gasteiger partial charge on any atom is 0.251 e. The van der Waals surface area contributed by atoms with E-state index in [0.717, 1.165) is 24.2 Å². The maximum absolute atomic E-state index is 12.7. The highest BCUT2D eigenvalue weighted by molar-refractivity contribution is 5.95. The maximum atomic E-state index is 12.7. The van der Waals surface area contributed by atoms with Crippen LogP contribution < -0.4 is 5.32 Å². The molecule has 25 heavy (non-hydrogen) atoms. The van der Waals surface area contributed by atoms with Gasteiger partial charge in [0.05, 0.1) is 12.3 Å². The fourth-order valence-electron chi connectivity index (χ4n) is 2.85. The Kier molecular flexibility index (Phi) is 5.03. The van der Waals surface area contributed by atoms with E-state index >= 15 is 0 Å². The van der Waals surface area contributed by atoms with E-state index in [1.54, 1.807) is 37.6 Å². The van der Waals surface area contributed by atoms with Crippen LogP contribution in [-0.4, -0.2) is 29.8 Å². The number of nitrogens with one attached hydrogen (secondary N) is 1. The van der Waals surface area contributed by atoms with Gasteiger partial charge in [-0.25, -0.2) is 0 Å². The van der Waals surface area contributed by atoms with Crippen LogP contribution in [0.2, 0.25) is 0 Å². The first kappa shape index (κ1) is 17.0. The van der Waals surface area contributed by atoms with Crippen molar-refractivity contribution in [3.63, 3.8) is 0 Å². The molecule has 1 heterocycles. The van der Waals surface area contributed by atoms with Gasteiger partial charge in [0.25, 0.3) is 5.91 Å². The van der Waals surface area contributed by atoms with E-state index in [0.29, 0.717) is 5.56 Å². The highest BCUT2D eigenvalue weighted by Gasteiger charge is 2.36. The fraction of sp³-hybridized carbons (Fsp3) is 0.300. The van der Waals surface area contributed by atoms with Crippen LogP contribution in [0.3, 0.4) is 0 Å². The molecule has 1 aliphatic carbocycles. The summed E-state index contributed by atoms with van der Waals surface area (Å²) in [6.45, 7) is 1.99. The Balaban J connectivity index is 1.71. The summed E-state index contributed by atoms with van der Waals surface area (Å²) in [5.74, 6) is 0.643. The number of carbonyl (C=O) groups is 2. The van der Waals surface area contributed by atoms with Crippen LogP contribution in [0.1, 0.15) is 47.5 Å². The molecule has 1 aliphatic rings. The van der Waals surface area contributed by atoms with Crippen molar-refractivity contribution in [2.45, 2.75) is 31.8 Å². The Hall–Kier alpha value is -2.82. The molecule has 5 nitrogen and oxygen atoms in total. The average Bonchev–Trinajstić information content (AvgIpc) is 3.31. The molecule has 0 aliphatic heterocycles. The monoisotopic (exact) mass is 338 g/mol. The van der Waals surface area contributed by atoms with Gasteiger partial charge in [0.2, 0.25) is 5.91 Å². The minimum atomic E-state index is -0.126. The van der Waals surface area contributed by atoms with Crippen LogP contribution in [0.4, 0.5) is 0 Å². The number of benzene rings is 1. The van der Waals surface area contributed by atoms with Gasteiger partial charge < -0.3 is 14.6 Å². The van der Waals surface area contributed by atoms with Crippen molar-refractivity contribution in [3.05, 3.63) is 65.6 Å². The van der Waals surface area contributed by atoms with Crippen molar-refractivity contribution in [1.29, 1.82) is 0 Å². The van der Waals surface area contributed by atoms with Crippen molar-refractivity contribution in [1.82, 2.24) is 10.2 Å². The minimum absolute atomic E-state index is 0.0261. The Morgan fingerprint density at radius 3 is 2.52 bits per heavy atom. The quantitative estimate of drug-likeness (QED) is 0.821. The predicted octanol–water partition coefficient (Wildman–Crippen LogP) is 3.40. The second-order valence-electron chi connectivity index (χ2n) is 6.20. The number of hydrogen-bond donors (Lipinski definition) is 1. The second-order valence-corrected chi connectivity index (χ2v) is 6.20. The van der Waals surface area contributed by atoms with Crippen LogP contribution in [0.5, 0.6) is 0 Å². The highest BCUT2D eigenvalue weighted by atomic mass is 16.3. The standard InChI is InChI=1S/C20H22N2O3/c1-14(18-4-3-13-25-18)22(17-10-11-17)19(23)12-7-15-5-8-16(9-6-15)20(24)21-2/h3-9,12-14,17H,10-11H2,1-2H3,(H,21,24)/b12-7+/t14-/m1/s1. The Bertz CT molecular complexity index is 759. The molecule has 130 valence electrons. The zero-order chi connectivity index (χ0) is 17.8. The Morgan fingerprint density at radius 1 is 1.24 bits per heavy atom. The zero-order valence-corrected chi connectivity index (χ0v) is 14.4. The molecule has 5 heteroatoms. The van der Waals surface area contributed by atoms with E-state index in [9.17, 15) is 9.59 Å². The molecule has 0 radical (unpaired) electrons. The Labute approximate surface area is 147 Å². The van der Waals surface area contributed by atoms with Gasteiger partial charge in [-0.3, -0.25) is 9.59 Å². The van der Waals surface area contributed by atoms with E-state index in [1.807, 2.05) is 36.1 Å². The zero-order valence-electron chi connectivity index (χ0n) is 14.4. The first-order valence-electron chi connectivity index (χ1n) is 8.46. The molecule has 1 N–H and O–H groups in total. The van der Waals surface area contributed by atoms with Crippen molar-refractivity contribution in [2.24, 2.45) is 0 Å². The fourth-order valence-corrected chi connectivity index (χ4v) is 2.85. The number of nitrogens with zero attached hydrogens (tertiary/aromatic N) is 1. The Morgan fingerprint density at radius 2 is 1.96 bits per heavy atom. The number of furan rings is 1. The molecule has 1 aromatic carbocycles. The lowest BCUT2D eigenvalue weighted by Gasteiger charge is -2.26. The second kappa shape index (κ2) is 7.38. The van der Waals surface area contributed by atoms with Crippen LogP contribution in [0.25, 0.3) is 6.08 Å². The predicted molar refractivity (Wildman–Crippen MR) is 95.9 cm³/mol. The third kappa shape index (κ3) is 3.99. The first-order chi connectivity index (χ1) is 12.1. The van der Waals surface area contributed by atoms with E-state index in [2.05, 4.69) is 5.32 Å². The van der Waals surface area contributed by atoms with Gasteiger partial charge in [0, 0.05) is 24.7 Å². The summed E-state index contributed by atoms with van der Waals surface area (Å²) >= 11 is 0. The van der Waals surface area contributed by atoms with E-state index in [1.165, 1.54) is 0 Å². The van der Waals surface area contributed by atoms with E-state index < -0.39 is 0 Å². The van der Waals surface area contributed by atoms with E-state index in [-0.39, 0.29) is 23.9 Å². The van der Waals surface area contributed by atoms with Gasteiger partial charge in [0.15, 0.2) is 0 Å². The summed E-state index contributed by atoms with van der Waals surface area (Å²) in [4.78, 5) is 26.1. The highest BCUT2D eigenvalue weighted by Crippen LogP contribution is 2.34. The van der Waals surface area contributed by atoms with Crippen molar-refractivity contribution < 1.29 is 14.0 Å². The van der Waals surface area contributed by atoms with Crippen molar-refractivity contribution in [3.8, 4) is 0 Å². The summed E-state index contributed by atoms with van der Waals surface area (Å²) < 4.78 is 5.46. The summed E-state index contributed by atoms with van der Waals surface area (Å²) in [7, 11) is 1.60. The minimum Gasteiger partial charge on any atom is -0.467 e. The molecule has 0 unspecified atom stereocenters. The molecule has 0 spiro atoms. The molecule has 1 aromatic heterocycles. The van der Waals surface area contributed by atoms with Crippen LogP contribution in [0, 0.1) is 0 Å². The molecule has 3 rings (SSSR count). The van der Waals surface area contributed by atoms with Gasteiger partial charge in [0.1, 0.15) is 5.76 Å². The summed E-state index contributed by atoms with van der Waals surface area (Å²) in [5.41, 5.74) is 1.47. The third-order valence-corrected chi connectivity index (χ3v) is 4.39. The van der Waals surface area contributed by atoms with Gasteiger partial charge in [-0.15, -0.1) is 0 Å². The molecule has 1 atom stereocenters. The largest absolute Gasteiger partial charge is 0.467 e. The van der Waals surface area contributed by atoms with Gasteiger partial charge in [-0.05, 0) is 55.7 Å². The van der Waals surface area contributed by atoms with Crippen molar-refractivity contribution in [2.75, 3.05) is 7.05 Å². The third-order valence-electron chi connectivity index (χ3n) is 4.39. The number of rotatable bonds is 6. The molecule has 2 aromatic rings. The lowest BCUT2D eigenvalue weighted by atomic mass is 10.1. The number of amides is 2. The van der Waals surface area contributed by atoms with Crippen LogP contribution >= 0.6 is 0 Å². The first-order valence-corrected chi connectivity index (χ1v) is 8.46. The SMILES string of the molecule is CNC(=O)c1ccc(/C=C/C(=O)N(C2CC2)[C@H](C)c2ccco2)cc1. The van der Waals surface area contributed by atoms with Crippen molar-refractivity contribution >= 4 is 17.9 Å². The number of hydrogen-bond acceptors (Lipinski definition) is 3. The lowest BCUT2D eigenvalue weighted by Crippen LogP contribution is -2.34. The van der Waals surface area contributed by atoms with Crippen LogP contribution in [-0.2, 0) is 4.79 Å². The smallest absolute Gasteiger partial charge is 0.251 e. The topological polar surface area (TPSA) is 62.6 Å². The normalized spacial score (nSPS) is 15.1. The molecule has 0 bridgehead atoms. The molecular weight excluding hydrogens is 316 g/mol. The van der Waals surface area contributed by atoms with Gasteiger partial charge in [-0.2, -0.15) is 0 Å². The summed E-state index contributed by atoms with van der Waals surface area (Å²) in [6, 6.07) is 11.1. The summed E-state index contributed by atoms with van der Waals surface area (Å²) in [5, 5.41) is 2.58. The average molecular weight is 338 g/mol. The molecule has 0 saturated heterocycles. The van der Waals surface area contributed by atoms with Gasteiger partial charge >= 0.3 is 0 Å². The molecular formula is C20H22N2O3. The molecule has 1 saturated carbocycles. The lowest BCUT2D eigenvalue weighted by molar-refractivity contribution is -0.129. The summed E-state index contributed by atoms with van der Waals surface area (Å²) in [6.07, 6.45) is 7.06. The van der Waals surface area contributed by atoms with Gasteiger partial charge in [-0.1, -0.05) is 12.1 Å². The number of carbonyl (C=O) groups excluding carboxylic acids is 2. The molecule has 1 fully saturated rings. The molecule has 2 amide bonds.